The van der Waals surface area contributed by atoms with Crippen molar-refractivity contribution in [1.82, 2.24) is 10.2 Å². The van der Waals surface area contributed by atoms with Crippen LogP contribution >= 0.6 is 0 Å². The molecule has 3 fully saturated rings. The second-order valence-corrected chi connectivity index (χ2v) is 3.80. The fourth-order valence-corrected chi connectivity index (χ4v) is 2.94. The second-order valence-electron chi connectivity index (χ2n) is 3.80. The Balaban J connectivity index is 1.93. The van der Waals surface area contributed by atoms with E-state index in [1.165, 1.54) is 13.0 Å². The number of likely N-dealkylation sites (N-methyl/N-ethyl adjacent to an activating group) is 1. The first-order chi connectivity index (χ1) is 5.40. The van der Waals surface area contributed by atoms with Crippen molar-refractivity contribution in [2.75, 3.05) is 20.1 Å². The summed E-state index contributed by atoms with van der Waals surface area (Å²) >= 11 is 0. The minimum atomic E-state index is 0.484. The minimum Gasteiger partial charge on any atom is -0.370 e. The van der Waals surface area contributed by atoms with Crippen molar-refractivity contribution < 1.29 is 4.74 Å². The topological polar surface area (TPSA) is 24.5 Å². The molecule has 62 valence electrons. The van der Waals surface area contributed by atoms with Crippen molar-refractivity contribution in [1.29, 1.82) is 0 Å². The van der Waals surface area contributed by atoms with E-state index in [1.807, 2.05) is 7.05 Å². The Morgan fingerprint density at radius 1 is 1.45 bits per heavy atom. The molecular weight excluding hydrogens is 140 g/mol. The van der Waals surface area contributed by atoms with Gasteiger partial charge in [-0.05, 0) is 13.5 Å². The molecule has 0 radical (unpaired) electrons. The average molecular weight is 154 g/mol. The van der Waals surface area contributed by atoms with Crippen LogP contribution in [-0.2, 0) is 4.74 Å². The number of hydrogen-bond donors (Lipinski definition) is 1. The normalized spacial score (nSPS) is 54.3. The molecule has 1 N–H and O–H groups in total. The smallest absolute Gasteiger partial charge is 0.0875 e. The van der Waals surface area contributed by atoms with E-state index in [2.05, 4.69) is 10.2 Å². The standard InChI is InChI=1S/C8H14N2O/c1-9-7-6-4-10-3-2-5(11-6)8(7)10/h5-9H,2-4H2,1H3/t5-,6-,7+,8+/m1/s1. The third-order valence-electron chi connectivity index (χ3n) is 3.37. The lowest BCUT2D eigenvalue weighted by molar-refractivity contribution is 0.00833. The summed E-state index contributed by atoms with van der Waals surface area (Å²) in [5, 5.41) is 3.36. The largest absolute Gasteiger partial charge is 0.370 e. The molecule has 11 heavy (non-hydrogen) atoms. The molecule has 0 aromatic heterocycles. The van der Waals surface area contributed by atoms with E-state index in [0.29, 0.717) is 24.3 Å². The van der Waals surface area contributed by atoms with Gasteiger partial charge < -0.3 is 10.1 Å². The van der Waals surface area contributed by atoms with E-state index in [9.17, 15) is 0 Å². The molecule has 0 aliphatic carbocycles. The van der Waals surface area contributed by atoms with Crippen LogP contribution in [-0.4, -0.2) is 49.3 Å². The molecule has 0 aromatic rings. The van der Waals surface area contributed by atoms with E-state index < -0.39 is 0 Å². The highest BCUT2D eigenvalue weighted by Crippen LogP contribution is 2.39. The van der Waals surface area contributed by atoms with Gasteiger partial charge in [0.1, 0.15) is 0 Å². The van der Waals surface area contributed by atoms with Crippen molar-refractivity contribution >= 4 is 0 Å². The Hall–Kier alpha value is -0.120. The zero-order chi connectivity index (χ0) is 7.42. The molecular formula is C8H14N2O. The van der Waals surface area contributed by atoms with Crippen molar-refractivity contribution in [2.24, 2.45) is 0 Å². The second kappa shape index (κ2) is 1.97. The lowest BCUT2D eigenvalue weighted by Gasteiger charge is -2.21. The average Bonchev–Trinajstić information content (AvgIpc) is 2.55. The number of nitrogens with zero attached hydrogens (tertiary/aromatic N) is 1. The maximum Gasteiger partial charge on any atom is 0.0875 e. The molecule has 3 heteroatoms. The summed E-state index contributed by atoms with van der Waals surface area (Å²) in [6.07, 6.45) is 2.28. The maximum atomic E-state index is 5.85. The molecule has 4 atom stereocenters. The highest BCUT2D eigenvalue weighted by molar-refractivity contribution is 5.11. The number of morpholine rings is 1. The summed E-state index contributed by atoms with van der Waals surface area (Å²) in [6.45, 7) is 2.41. The van der Waals surface area contributed by atoms with E-state index in [-0.39, 0.29) is 0 Å². The summed E-state index contributed by atoms with van der Waals surface area (Å²) in [5.74, 6) is 0. The van der Waals surface area contributed by atoms with Gasteiger partial charge in [-0.3, -0.25) is 4.90 Å². The molecule has 0 unspecified atom stereocenters. The monoisotopic (exact) mass is 154 g/mol. The van der Waals surface area contributed by atoms with Crippen LogP contribution in [0.1, 0.15) is 6.42 Å². The number of ether oxygens (including phenoxy) is 1. The van der Waals surface area contributed by atoms with Crippen LogP contribution in [0, 0.1) is 0 Å². The Kier molecular flexibility index (Phi) is 1.15. The maximum absolute atomic E-state index is 5.85. The van der Waals surface area contributed by atoms with Crippen LogP contribution in [0.5, 0.6) is 0 Å². The lowest BCUT2D eigenvalue weighted by Crippen LogP contribution is -2.40. The minimum absolute atomic E-state index is 0.484. The molecule has 3 aliphatic heterocycles. The van der Waals surface area contributed by atoms with Gasteiger partial charge in [0.25, 0.3) is 0 Å². The highest BCUT2D eigenvalue weighted by atomic mass is 16.5. The van der Waals surface area contributed by atoms with Gasteiger partial charge in [0, 0.05) is 13.1 Å². The van der Waals surface area contributed by atoms with Gasteiger partial charge in [-0.25, -0.2) is 0 Å². The predicted molar refractivity (Wildman–Crippen MR) is 41.5 cm³/mol. The van der Waals surface area contributed by atoms with Crippen LogP contribution < -0.4 is 5.32 Å². The first-order valence-electron chi connectivity index (χ1n) is 4.47. The van der Waals surface area contributed by atoms with Gasteiger partial charge in [0.05, 0.1) is 24.3 Å². The molecule has 3 nitrogen and oxygen atoms in total. The van der Waals surface area contributed by atoms with E-state index in [0.717, 1.165) is 6.54 Å². The number of hydrogen-bond acceptors (Lipinski definition) is 3. The first kappa shape index (κ1) is 6.40. The van der Waals surface area contributed by atoms with Crippen LogP contribution in [0.4, 0.5) is 0 Å². The molecule has 0 aromatic carbocycles. The van der Waals surface area contributed by atoms with Gasteiger partial charge in [0.2, 0.25) is 0 Å². The highest BCUT2D eigenvalue weighted by Gasteiger charge is 2.56. The molecule has 2 bridgehead atoms. The molecule has 0 spiro atoms. The fourth-order valence-electron chi connectivity index (χ4n) is 2.94. The summed E-state index contributed by atoms with van der Waals surface area (Å²) in [7, 11) is 2.05. The summed E-state index contributed by atoms with van der Waals surface area (Å²) in [5.41, 5.74) is 0. The van der Waals surface area contributed by atoms with Crippen molar-refractivity contribution in [3.8, 4) is 0 Å². The zero-order valence-electron chi connectivity index (χ0n) is 6.79. The number of fused-ring (bicyclic) bond motifs is 1. The summed E-state index contributed by atoms with van der Waals surface area (Å²) < 4.78 is 5.85. The number of nitrogens with one attached hydrogen (secondary N) is 1. The van der Waals surface area contributed by atoms with Crippen LogP contribution in [0.3, 0.4) is 0 Å². The first-order valence-corrected chi connectivity index (χ1v) is 4.47. The van der Waals surface area contributed by atoms with Gasteiger partial charge in [0.15, 0.2) is 0 Å². The predicted octanol–water partition coefficient (Wildman–Crippen LogP) is -0.570. The lowest BCUT2D eigenvalue weighted by atomic mass is 10.1. The molecule has 3 rings (SSSR count). The molecule has 3 saturated heterocycles. The van der Waals surface area contributed by atoms with Crippen molar-refractivity contribution in [3.05, 3.63) is 0 Å². The Morgan fingerprint density at radius 2 is 2.36 bits per heavy atom. The molecule has 0 amide bonds. The van der Waals surface area contributed by atoms with Crippen molar-refractivity contribution in [2.45, 2.75) is 30.7 Å². The zero-order valence-corrected chi connectivity index (χ0v) is 6.79. The number of rotatable bonds is 1. The third kappa shape index (κ3) is 0.643. The van der Waals surface area contributed by atoms with Crippen LogP contribution in [0.25, 0.3) is 0 Å². The fraction of sp³-hybridized carbons (Fsp3) is 1.00. The Morgan fingerprint density at radius 3 is 3.00 bits per heavy atom. The molecule has 3 heterocycles. The quantitative estimate of drug-likeness (QED) is 0.547. The van der Waals surface area contributed by atoms with Crippen LogP contribution in [0.15, 0.2) is 0 Å². The summed E-state index contributed by atoms with van der Waals surface area (Å²) in [6, 6.07) is 1.31. The molecule has 3 aliphatic rings. The summed E-state index contributed by atoms with van der Waals surface area (Å²) in [4.78, 5) is 2.57. The van der Waals surface area contributed by atoms with E-state index >= 15 is 0 Å². The Labute approximate surface area is 66.7 Å². The van der Waals surface area contributed by atoms with E-state index in [4.69, 9.17) is 4.74 Å². The van der Waals surface area contributed by atoms with Gasteiger partial charge in [-0.1, -0.05) is 0 Å². The van der Waals surface area contributed by atoms with E-state index in [1.54, 1.807) is 0 Å². The molecule has 0 saturated carbocycles. The van der Waals surface area contributed by atoms with Gasteiger partial charge in [-0.2, -0.15) is 0 Å². The van der Waals surface area contributed by atoms with Crippen LogP contribution in [0.2, 0.25) is 0 Å². The SMILES string of the molecule is CN[C@@H]1[C@@H]2[C@H]3CCN2C[C@H]1O3. The van der Waals surface area contributed by atoms with Gasteiger partial charge in [-0.15, -0.1) is 0 Å². The third-order valence-corrected chi connectivity index (χ3v) is 3.37. The van der Waals surface area contributed by atoms with Gasteiger partial charge >= 0.3 is 0 Å². The van der Waals surface area contributed by atoms with Crippen molar-refractivity contribution in [3.63, 3.8) is 0 Å². The Bertz CT molecular complexity index is 171.